The summed E-state index contributed by atoms with van der Waals surface area (Å²) in [7, 11) is 0. The Morgan fingerprint density at radius 1 is 1.25 bits per heavy atom. The van der Waals surface area contributed by atoms with Crippen LogP contribution in [0.2, 0.25) is 5.02 Å². The van der Waals surface area contributed by atoms with Gasteiger partial charge in [0.25, 0.3) is 5.69 Å². The molecule has 1 amide bonds. The van der Waals surface area contributed by atoms with E-state index in [0.717, 1.165) is 23.2 Å². The number of hydrogen-bond donors (Lipinski definition) is 2. The van der Waals surface area contributed by atoms with Crippen molar-refractivity contribution in [1.82, 2.24) is 0 Å². The molecular formula is C17H18ClN3O3. The Kier molecular flexibility index (Phi) is 5.76. The van der Waals surface area contributed by atoms with Crippen LogP contribution < -0.4 is 10.6 Å². The Morgan fingerprint density at radius 2 is 1.92 bits per heavy atom. The molecule has 0 radical (unpaired) electrons. The highest BCUT2D eigenvalue weighted by atomic mass is 35.5. The van der Waals surface area contributed by atoms with Gasteiger partial charge in [-0.1, -0.05) is 23.7 Å². The molecule has 0 saturated heterocycles. The van der Waals surface area contributed by atoms with E-state index in [-0.39, 0.29) is 11.6 Å². The van der Waals surface area contributed by atoms with Crippen molar-refractivity contribution in [2.45, 2.75) is 20.3 Å². The third-order valence-corrected chi connectivity index (χ3v) is 3.77. The maximum atomic E-state index is 11.0. The minimum absolute atomic E-state index is 0.0170. The van der Waals surface area contributed by atoms with Crippen LogP contribution in [-0.2, 0) is 11.2 Å². The predicted molar refractivity (Wildman–Crippen MR) is 95.8 cm³/mol. The number of amides is 1. The molecule has 0 aliphatic carbocycles. The second kappa shape index (κ2) is 7.79. The highest BCUT2D eigenvalue weighted by Crippen LogP contribution is 2.30. The van der Waals surface area contributed by atoms with E-state index in [1.165, 1.54) is 19.1 Å². The van der Waals surface area contributed by atoms with Crippen molar-refractivity contribution in [3.63, 3.8) is 0 Å². The Morgan fingerprint density at radius 3 is 2.46 bits per heavy atom. The minimum atomic E-state index is -0.459. The van der Waals surface area contributed by atoms with Crippen molar-refractivity contribution in [2.24, 2.45) is 0 Å². The van der Waals surface area contributed by atoms with E-state index in [2.05, 4.69) is 10.6 Å². The SMILES string of the molecule is CC(=O)Nc1ccc(CCNc2c(C)cc([N+](=O)[O-])cc2Cl)cc1. The molecule has 2 aromatic rings. The first-order chi connectivity index (χ1) is 11.4. The van der Waals surface area contributed by atoms with Crippen molar-refractivity contribution >= 4 is 34.6 Å². The standard InChI is InChI=1S/C17H18ClN3O3/c1-11-9-15(21(23)24)10-16(18)17(11)19-8-7-13-3-5-14(6-4-13)20-12(2)22/h3-6,9-10,19H,7-8H2,1-2H3,(H,20,22). The summed E-state index contributed by atoms with van der Waals surface area (Å²) in [6.07, 6.45) is 0.757. The number of anilines is 2. The number of carbonyl (C=O) groups is 1. The molecule has 0 saturated carbocycles. The number of nitro groups is 1. The van der Waals surface area contributed by atoms with E-state index in [4.69, 9.17) is 11.6 Å². The normalized spacial score (nSPS) is 10.3. The van der Waals surface area contributed by atoms with Crippen LogP contribution in [0, 0.1) is 17.0 Å². The van der Waals surface area contributed by atoms with E-state index in [9.17, 15) is 14.9 Å². The summed E-state index contributed by atoms with van der Waals surface area (Å²) in [5.74, 6) is -0.104. The largest absolute Gasteiger partial charge is 0.383 e. The van der Waals surface area contributed by atoms with Crippen LogP contribution in [0.15, 0.2) is 36.4 Å². The van der Waals surface area contributed by atoms with Crippen LogP contribution in [-0.4, -0.2) is 17.4 Å². The fourth-order valence-corrected chi connectivity index (χ4v) is 2.67. The zero-order valence-corrected chi connectivity index (χ0v) is 14.2. The molecule has 126 valence electrons. The molecule has 6 nitrogen and oxygen atoms in total. The molecule has 0 bridgehead atoms. The second-order valence-corrected chi connectivity index (χ2v) is 5.84. The first-order valence-corrected chi connectivity index (χ1v) is 7.79. The van der Waals surface area contributed by atoms with E-state index < -0.39 is 4.92 Å². The fraction of sp³-hybridized carbons (Fsp3) is 0.235. The fourth-order valence-electron chi connectivity index (χ4n) is 2.35. The van der Waals surface area contributed by atoms with Gasteiger partial charge in [-0.3, -0.25) is 14.9 Å². The number of non-ortho nitro benzene ring substituents is 1. The molecular weight excluding hydrogens is 330 g/mol. The van der Waals surface area contributed by atoms with Gasteiger partial charge in [-0.25, -0.2) is 0 Å². The molecule has 0 atom stereocenters. The number of benzene rings is 2. The monoisotopic (exact) mass is 347 g/mol. The summed E-state index contributed by atoms with van der Waals surface area (Å²) in [6.45, 7) is 3.88. The molecule has 0 unspecified atom stereocenters. The van der Waals surface area contributed by atoms with E-state index in [1.54, 1.807) is 6.92 Å². The first kappa shape index (κ1) is 17.7. The number of hydrogen-bond acceptors (Lipinski definition) is 4. The third-order valence-electron chi connectivity index (χ3n) is 3.47. The molecule has 2 aromatic carbocycles. The average molecular weight is 348 g/mol. The zero-order chi connectivity index (χ0) is 17.7. The molecule has 7 heteroatoms. The molecule has 0 heterocycles. The van der Waals surface area contributed by atoms with Crippen LogP contribution in [0.25, 0.3) is 0 Å². The average Bonchev–Trinajstić information content (AvgIpc) is 2.50. The molecule has 0 aliphatic rings. The van der Waals surface area contributed by atoms with Crippen LogP contribution in [0.3, 0.4) is 0 Å². The molecule has 2 N–H and O–H groups in total. The van der Waals surface area contributed by atoms with Gasteiger partial charge in [0.15, 0.2) is 0 Å². The van der Waals surface area contributed by atoms with Gasteiger partial charge >= 0.3 is 0 Å². The lowest BCUT2D eigenvalue weighted by Crippen LogP contribution is -2.08. The van der Waals surface area contributed by atoms with Gasteiger partial charge in [-0.05, 0) is 36.6 Å². The minimum Gasteiger partial charge on any atom is -0.383 e. The van der Waals surface area contributed by atoms with Crippen molar-refractivity contribution in [3.8, 4) is 0 Å². The molecule has 0 aromatic heterocycles. The van der Waals surface area contributed by atoms with Crippen molar-refractivity contribution < 1.29 is 9.72 Å². The first-order valence-electron chi connectivity index (χ1n) is 7.42. The molecule has 0 aliphatic heterocycles. The predicted octanol–water partition coefficient (Wildman–Crippen LogP) is 4.17. The highest BCUT2D eigenvalue weighted by molar-refractivity contribution is 6.33. The summed E-state index contributed by atoms with van der Waals surface area (Å²) in [5, 5.41) is 17.1. The van der Waals surface area contributed by atoms with Gasteiger partial charge in [0, 0.05) is 31.3 Å². The third kappa shape index (κ3) is 4.70. The van der Waals surface area contributed by atoms with Gasteiger partial charge in [-0.2, -0.15) is 0 Å². The molecule has 0 fully saturated rings. The molecule has 24 heavy (non-hydrogen) atoms. The Labute approximate surface area is 145 Å². The van der Waals surface area contributed by atoms with Gasteiger partial charge in [0.05, 0.1) is 15.6 Å². The summed E-state index contributed by atoms with van der Waals surface area (Å²) in [5.41, 5.74) is 3.28. The van der Waals surface area contributed by atoms with Gasteiger partial charge in [0.1, 0.15) is 0 Å². The van der Waals surface area contributed by atoms with Crippen molar-refractivity contribution in [2.75, 3.05) is 17.2 Å². The van der Waals surface area contributed by atoms with Gasteiger partial charge < -0.3 is 10.6 Å². The summed E-state index contributed by atoms with van der Waals surface area (Å²) >= 11 is 6.12. The summed E-state index contributed by atoms with van der Waals surface area (Å²) in [6, 6.07) is 10.4. The lowest BCUT2D eigenvalue weighted by Gasteiger charge is -2.12. The number of nitro benzene ring substituents is 1. The number of nitrogens with zero attached hydrogens (tertiary/aromatic N) is 1. The van der Waals surface area contributed by atoms with Crippen LogP contribution in [0.4, 0.5) is 17.1 Å². The van der Waals surface area contributed by atoms with Gasteiger partial charge in [0.2, 0.25) is 5.91 Å². The van der Waals surface area contributed by atoms with Crippen LogP contribution in [0.5, 0.6) is 0 Å². The van der Waals surface area contributed by atoms with E-state index in [1.807, 2.05) is 24.3 Å². The number of aryl methyl sites for hydroxylation is 1. The van der Waals surface area contributed by atoms with Crippen molar-refractivity contribution in [1.29, 1.82) is 0 Å². The Balaban J connectivity index is 1.97. The number of rotatable bonds is 6. The van der Waals surface area contributed by atoms with Crippen LogP contribution >= 0.6 is 11.6 Å². The maximum Gasteiger partial charge on any atom is 0.271 e. The quantitative estimate of drug-likeness (QED) is 0.606. The van der Waals surface area contributed by atoms with E-state index in [0.29, 0.717) is 17.3 Å². The molecule has 2 rings (SSSR count). The molecule has 0 spiro atoms. The zero-order valence-electron chi connectivity index (χ0n) is 13.4. The van der Waals surface area contributed by atoms with Crippen molar-refractivity contribution in [3.05, 3.63) is 62.7 Å². The smallest absolute Gasteiger partial charge is 0.271 e. The number of nitrogens with one attached hydrogen (secondary N) is 2. The van der Waals surface area contributed by atoms with Crippen LogP contribution in [0.1, 0.15) is 18.1 Å². The Hall–Kier alpha value is -2.60. The highest BCUT2D eigenvalue weighted by Gasteiger charge is 2.12. The summed E-state index contributed by atoms with van der Waals surface area (Å²) in [4.78, 5) is 21.3. The lowest BCUT2D eigenvalue weighted by atomic mass is 10.1. The lowest BCUT2D eigenvalue weighted by molar-refractivity contribution is -0.384. The second-order valence-electron chi connectivity index (χ2n) is 5.43. The maximum absolute atomic E-state index is 11.0. The Bertz CT molecular complexity index is 737. The number of carbonyl (C=O) groups excluding carboxylic acids is 1. The topological polar surface area (TPSA) is 84.3 Å². The van der Waals surface area contributed by atoms with Gasteiger partial charge in [-0.15, -0.1) is 0 Å². The number of halogens is 1. The summed E-state index contributed by atoms with van der Waals surface area (Å²) < 4.78 is 0. The van der Waals surface area contributed by atoms with E-state index >= 15 is 0 Å².